The number of nitrogens with two attached hydrogens (primary N) is 1. The molecule has 2 amide bonds. The number of carbonyl (C=O) groups excluding carboxylic acids is 1. The molecular formula is C25H22ClN9O4. The highest BCUT2D eigenvalue weighted by Crippen LogP contribution is 2.26. The average Bonchev–Trinajstić information content (AvgIpc) is 2.88. The minimum Gasteiger partial charge on any atom is -0.481 e. The average molecular weight is 548 g/mol. The summed E-state index contributed by atoms with van der Waals surface area (Å²) in [5.74, 6) is -0.615. The fourth-order valence-corrected chi connectivity index (χ4v) is 4.07. The van der Waals surface area contributed by atoms with E-state index in [4.69, 9.17) is 27.4 Å². The highest BCUT2D eigenvalue weighted by Gasteiger charge is 2.21. The van der Waals surface area contributed by atoms with Crippen LogP contribution in [-0.2, 0) is 4.79 Å². The van der Waals surface area contributed by atoms with Gasteiger partial charge in [-0.05, 0) is 37.3 Å². The zero-order chi connectivity index (χ0) is 28.1. The quantitative estimate of drug-likeness (QED) is 0.218. The maximum absolute atomic E-state index is 13.8. The molecule has 6 N–H and O–H groups in total. The van der Waals surface area contributed by atoms with Crippen molar-refractivity contribution in [2.75, 3.05) is 22.9 Å². The molecule has 39 heavy (non-hydrogen) atoms. The van der Waals surface area contributed by atoms with Crippen molar-refractivity contribution in [2.24, 2.45) is 0 Å². The van der Waals surface area contributed by atoms with Crippen LogP contribution in [0, 0.1) is 11.3 Å². The van der Waals surface area contributed by atoms with E-state index in [2.05, 4.69) is 25.9 Å². The highest BCUT2D eigenvalue weighted by molar-refractivity contribution is 6.35. The number of nitrogen functional groups attached to an aromatic ring is 1. The molecule has 0 spiro atoms. The Kier molecular flexibility index (Phi) is 7.88. The lowest BCUT2D eigenvalue weighted by Gasteiger charge is -2.21. The lowest BCUT2D eigenvalue weighted by Crippen LogP contribution is -2.31. The number of halogens is 1. The first-order valence-corrected chi connectivity index (χ1v) is 11.9. The van der Waals surface area contributed by atoms with E-state index in [-0.39, 0.29) is 46.4 Å². The van der Waals surface area contributed by atoms with Crippen molar-refractivity contribution in [1.29, 1.82) is 5.26 Å². The van der Waals surface area contributed by atoms with Crippen molar-refractivity contribution in [3.05, 3.63) is 75.6 Å². The van der Waals surface area contributed by atoms with Gasteiger partial charge in [-0.1, -0.05) is 23.7 Å². The first-order valence-electron chi connectivity index (χ1n) is 11.5. The van der Waals surface area contributed by atoms with Crippen molar-refractivity contribution >= 4 is 51.8 Å². The topological polar surface area (TPSA) is 201 Å². The Bertz CT molecular complexity index is 1680. The molecule has 2 aromatic carbocycles. The predicted molar refractivity (Wildman–Crippen MR) is 145 cm³/mol. The van der Waals surface area contributed by atoms with Crippen LogP contribution >= 0.6 is 11.6 Å². The highest BCUT2D eigenvalue weighted by atomic mass is 35.5. The number of carboxylic acids is 1. The Morgan fingerprint density at radius 1 is 1.23 bits per heavy atom. The molecule has 0 saturated heterocycles. The molecule has 14 heteroatoms. The number of aromatic nitrogens is 4. The van der Waals surface area contributed by atoms with Gasteiger partial charge < -0.3 is 26.8 Å². The van der Waals surface area contributed by atoms with Crippen LogP contribution < -0.4 is 27.2 Å². The Balaban J connectivity index is 1.78. The van der Waals surface area contributed by atoms with Gasteiger partial charge >= 0.3 is 12.0 Å². The van der Waals surface area contributed by atoms with Crippen molar-refractivity contribution in [3.63, 3.8) is 0 Å². The largest absolute Gasteiger partial charge is 0.481 e. The number of benzene rings is 2. The molecule has 0 radical (unpaired) electrons. The number of urea groups is 1. The van der Waals surface area contributed by atoms with E-state index >= 15 is 0 Å². The summed E-state index contributed by atoms with van der Waals surface area (Å²) >= 11 is 6.37. The minimum absolute atomic E-state index is 0.00162. The van der Waals surface area contributed by atoms with Crippen LogP contribution in [0.5, 0.6) is 0 Å². The zero-order valence-electron chi connectivity index (χ0n) is 20.5. The summed E-state index contributed by atoms with van der Waals surface area (Å²) < 4.78 is 1.34. The Hall–Kier alpha value is -5.22. The normalized spacial score (nSPS) is 11.4. The van der Waals surface area contributed by atoms with E-state index in [1.54, 1.807) is 49.4 Å². The Morgan fingerprint density at radius 2 is 2.00 bits per heavy atom. The van der Waals surface area contributed by atoms with Gasteiger partial charge in [0.2, 0.25) is 0 Å². The number of hydrogen-bond acceptors (Lipinski definition) is 9. The van der Waals surface area contributed by atoms with Gasteiger partial charge in [-0.2, -0.15) is 5.26 Å². The molecule has 198 valence electrons. The molecule has 2 heterocycles. The van der Waals surface area contributed by atoms with E-state index in [9.17, 15) is 19.6 Å². The summed E-state index contributed by atoms with van der Waals surface area (Å²) in [6.07, 6.45) is 0.981. The van der Waals surface area contributed by atoms with Crippen molar-refractivity contribution in [2.45, 2.75) is 19.4 Å². The molecule has 0 aliphatic carbocycles. The predicted octanol–water partition coefficient (Wildman–Crippen LogP) is 3.05. The fourth-order valence-electron chi connectivity index (χ4n) is 3.82. The number of rotatable bonds is 8. The lowest BCUT2D eigenvalue weighted by atomic mass is 10.2. The van der Waals surface area contributed by atoms with Gasteiger partial charge in [0.25, 0.3) is 5.56 Å². The standard InChI is InChI=1S/C25H22ClN9O4/c1-13(32-22-16(11-27)21(28)30-12-31-22)23-34-18-7-3-6-17(26)20(18)24(38)35(23)15-5-2-4-14(10-15)33-25(39)29-9-8-19(36)37/h2-7,10,12-13H,8-9H2,1H3,(H,36,37)(H2,29,33,39)(H3,28,30,31,32). The number of nitriles is 1. The fraction of sp³-hybridized carbons (Fsp3) is 0.160. The van der Waals surface area contributed by atoms with Crippen LogP contribution in [0.25, 0.3) is 16.6 Å². The second kappa shape index (κ2) is 11.4. The molecule has 0 aliphatic rings. The number of anilines is 3. The lowest BCUT2D eigenvalue weighted by molar-refractivity contribution is -0.136. The Labute approximate surface area is 226 Å². The monoisotopic (exact) mass is 547 g/mol. The molecule has 1 atom stereocenters. The van der Waals surface area contributed by atoms with E-state index in [1.165, 1.54) is 10.9 Å². The second-order valence-electron chi connectivity index (χ2n) is 8.28. The van der Waals surface area contributed by atoms with Gasteiger partial charge in [0.1, 0.15) is 35.4 Å². The van der Waals surface area contributed by atoms with Gasteiger partial charge in [0.15, 0.2) is 0 Å². The third kappa shape index (κ3) is 5.86. The summed E-state index contributed by atoms with van der Waals surface area (Å²) in [7, 11) is 0. The number of carbonyl (C=O) groups is 2. The van der Waals surface area contributed by atoms with Crippen LogP contribution in [0.3, 0.4) is 0 Å². The maximum atomic E-state index is 13.8. The van der Waals surface area contributed by atoms with Crippen LogP contribution in [0.4, 0.5) is 22.1 Å². The van der Waals surface area contributed by atoms with Crippen molar-refractivity contribution in [3.8, 4) is 11.8 Å². The second-order valence-corrected chi connectivity index (χ2v) is 8.69. The first kappa shape index (κ1) is 26.8. The summed E-state index contributed by atoms with van der Waals surface area (Å²) in [4.78, 5) is 49.4. The van der Waals surface area contributed by atoms with Gasteiger partial charge in [0.05, 0.1) is 34.1 Å². The molecule has 13 nitrogen and oxygen atoms in total. The van der Waals surface area contributed by atoms with Gasteiger partial charge in [0, 0.05) is 12.2 Å². The van der Waals surface area contributed by atoms with Crippen molar-refractivity contribution in [1.82, 2.24) is 24.8 Å². The van der Waals surface area contributed by atoms with E-state index in [0.29, 0.717) is 16.9 Å². The molecule has 0 aliphatic heterocycles. The molecule has 1 unspecified atom stereocenters. The first-order chi connectivity index (χ1) is 18.7. The van der Waals surface area contributed by atoms with Gasteiger partial charge in [-0.3, -0.25) is 14.2 Å². The number of nitrogens with one attached hydrogen (secondary N) is 3. The number of hydrogen-bond donors (Lipinski definition) is 5. The molecule has 4 aromatic rings. The van der Waals surface area contributed by atoms with Gasteiger partial charge in [-0.15, -0.1) is 0 Å². The smallest absolute Gasteiger partial charge is 0.319 e. The SMILES string of the molecule is CC(Nc1ncnc(N)c1C#N)c1nc2cccc(Cl)c2c(=O)n1-c1cccc(NC(=O)NCCC(=O)O)c1. The summed E-state index contributed by atoms with van der Waals surface area (Å²) in [6, 6.07) is 12.1. The van der Waals surface area contributed by atoms with E-state index < -0.39 is 23.6 Å². The summed E-state index contributed by atoms with van der Waals surface area (Å²) in [5.41, 5.74) is 6.47. The number of carboxylic acid groups (broad SMARTS) is 1. The Morgan fingerprint density at radius 3 is 2.74 bits per heavy atom. The number of nitrogens with zero attached hydrogens (tertiary/aromatic N) is 5. The molecule has 0 fully saturated rings. The summed E-state index contributed by atoms with van der Waals surface area (Å²) in [6.45, 7) is 1.67. The van der Waals surface area contributed by atoms with Crippen LogP contribution in [-0.4, -0.2) is 43.2 Å². The number of aliphatic carboxylic acids is 1. The number of amides is 2. The van der Waals surface area contributed by atoms with Crippen LogP contribution in [0.2, 0.25) is 5.02 Å². The molecule has 0 bridgehead atoms. The minimum atomic E-state index is -1.04. The van der Waals surface area contributed by atoms with E-state index in [0.717, 1.165) is 0 Å². The van der Waals surface area contributed by atoms with Crippen LogP contribution in [0.15, 0.2) is 53.6 Å². The summed E-state index contributed by atoms with van der Waals surface area (Å²) in [5, 5.41) is 26.8. The third-order valence-electron chi connectivity index (χ3n) is 5.59. The zero-order valence-corrected chi connectivity index (χ0v) is 21.2. The molecule has 0 saturated carbocycles. The number of fused-ring (bicyclic) bond motifs is 1. The van der Waals surface area contributed by atoms with Gasteiger partial charge in [-0.25, -0.2) is 19.7 Å². The molecule has 4 rings (SSSR count). The molecule has 2 aromatic heterocycles. The molecular weight excluding hydrogens is 526 g/mol. The van der Waals surface area contributed by atoms with Crippen molar-refractivity contribution < 1.29 is 14.7 Å². The van der Waals surface area contributed by atoms with E-state index in [1.807, 2.05) is 6.07 Å². The van der Waals surface area contributed by atoms with Crippen LogP contribution in [0.1, 0.15) is 30.8 Å². The maximum Gasteiger partial charge on any atom is 0.319 e. The third-order valence-corrected chi connectivity index (χ3v) is 5.90.